The van der Waals surface area contributed by atoms with Crippen molar-refractivity contribution >= 4 is 74.3 Å². The summed E-state index contributed by atoms with van der Waals surface area (Å²) in [4.78, 5) is 32.7. The molecular weight excluding hydrogens is 757 g/mol. The van der Waals surface area contributed by atoms with E-state index in [1.165, 1.54) is 28.0 Å². The zero-order chi connectivity index (χ0) is 28.4. The van der Waals surface area contributed by atoms with Gasteiger partial charge in [-0.3, -0.25) is 9.36 Å². The molecule has 1 aromatic heterocycles. The van der Waals surface area contributed by atoms with Gasteiger partial charge in [-0.15, -0.1) is 0 Å². The summed E-state index contributed by atoms with van der Waals surface area (Å²) in [6, 6.07) is 18.2. The molecule has 10 heteroatoms. The second-order valence-electron chi connectivity index (χ2n) is 8.73. The lowest BCUT2D eigenvalue weighted by Crippen LogP contribution is -2.40. The number of halogens is 3. The van der Waals surface area contributed by atoms with E-state index in [1.807, 2.05) is 55.5 Å². The zero-order valence-electron chi connectivity index (χ0n) is 21.5. The number of hydrogen-bond donors (Lipinski definition) is 0. The summed E-state index contributed by atoms with van der Waals surface area (Å²) in [6.07, 6.45) is 1.82. The lowest BCUT2D eigenvalue weighted by Gasteiger charge is -2.25. The van der Waals surface area contributed by atoms with Crippen molar-refractivity contribution in [1.82, 2.24) is 4.57 Å². The van der Waals surface area contributed by atoms with Crippen LogP contribution in [0.2, 0.25) is 0 Å². The Hall–Kier alpha value is -2.84. The van der Waals surface area contributed by atoms with E-state index >= 15 is 0 Å². The largest absolute Gasteiger partial charge is 0.492 e. The quantitative estimate of drug-likeness (QED) is 0.179. The van der Waals surface area contributed by atoms with Crippen LogP contribution in [-0.2, 0) is 9.53 Å². The topological polar surface area (TPSA) is 69.9 Å². The fourth-order valence-electron chi connectivity index (χ4n) is 4.50. The Balaban J connectivity index is 1.79. The Labute approximate surface area is 261 Å². The molecule has 1 atom stereocenters. The van der Waals surface area contributed by atoms with Gasteiger partial charge in [0.05, 0.1) is 42.2 Å². The predicted octanol–water partition coefficient (Wildman–Crippen LogP) is 5.68. The number of carbonyl (C=O) groups excluding carboxylic acids is 1. The SMILES string of the molecule is CCOC(=O)C1=C(c2ccccc2)N=c2s/c(=C\c3cc(I)c(OCC)c(I)c3)c(=O)n2[C@H]1c1ccc(F)cc1. The molecule has 0 saturated carbocycles. The highest BCUT2D eigenvalue weighted by Gasteiger charge is 2.35. The summed E-state index contributed by atoms with van der Waals surface area (Å²) < 4.78 is 29.0. The van der Waals surface area contributed by atoms with Gasteiger partial charge in [0.2, 0.25) is 0 Å². The van der Waals surface area contributed by atoms with E-state index in [-0.39, 0.29) is 17.7 Å². The van der Waals surface area contributed by atoms with E-state index in [2.05, 4.69) is 45.2 Å². The van der Waals surface area contributed by atoms with Crippen LogP contribution in [0.4, 0.5) is 4.39 Å². The van der Waals surface area contributed by atoms with Crippen LogP contribution < -0.4 is 19.6 Å². The molecule has 1 aliphatic heterocycles. The molecule has 0 amide bonds. The fourth-order valence-corrected chi connectivity index (χ4v) is 7.63. The van der Waals surface area contributed by atoms with Crippen LogP contribution in [-0.4, -0.2) is 23.8 Å². The number of nitrogens with zero attached hydrogens (tertiary/aromatic N) is 2. The smallest absolute Gasteiger partial charge is 0.338 e. The van der Waals surface area contributed by atoms with Gasteiger partial charge in [-0.1, -0.05) is 53.8 Å². The number of carbonyl (C=O) groups is 1. The average Bonchev–Trinajstić information content (AvgIpc) is 3.25. The number of benzene rings is 3. The minimum absolute atomic E-state index is 0.153. The van der Waals surface area contributed by atoms with E-state index in [1.54, 1.807) is 19.1 Å². The summed E-state index contributed by atoms with van der Waals surface area (Å²) in [5.41, 5.74) is 2.48. The first-order valence-corrected chi connectivity index (χ1v) is 15.5. The molecular formula is C30H23FI2N2O4S. The second-order valence-corrected chi connectivity index (χ2v) is 12.1. The molecule has 0 N–H and O–H groups in total. The molecule has 0 aliphatic carbocycles. The molecule has 1 aliphatic rings. The van der Waals surface area contributed by atoms with E-state index in [4.69, 9.17) is 14.5 Å². The Morgan fingerprint density at radius 1 is 1.05 bits per heavy atom. The van der Waals surface area contributed by atoms with Gasteiger partial charge in [0.1, 0.15) is 11.6 Å². The van der Waals surface area contributed by atoms with E-state index < -0.39 is 17.8 Å². The summed E-state index contributed by atoms with van der Waals surface area (Å²) in [5, 5.41) is 0. The average molecular weight is 780 g/mol. The predicted molar refractivity (Wildman–Crippen MR) is 171 cm³/mol. The third kappa shape index (κ3) is 5.66. The Bertz CT molecular complexity index is 1780. The van der Waals surface area contributed by atoms with Crippen LogP contribution >= 0.6 is 56.5 Å². The van der Waals surface area contributed by atoms with Gasteiger partial charge in [-0.2, -0.15) is 0 Å². The van der Waals surface area contributed by atoms with Crippen LogP contribution in [0, 0.1) is 13.0 Å². The first-order chi connectivity index (χ1) is 19.3. The molecule has 204 valence electrons. The minimum atomic E-state index is -0.853. The maximum absolute atomic E-state index is 14.0. The van der Waals surface area contributed by atoms with Gasteiger partial charge in [0.25, 0.3) is 5.56 Å². The van der Waals surface area contributed by atoms with Crippen molar-refractivity contribution in [1.29, 1.82) is 0 Å². The van der Waals surface area contributed by atoms with Crippen LogP contribution in [0.5, 0.6) is 5.75 Å². The van der Waals surface area contributed by atoms with Gasteiger partial charge in [-0.05, 0) is 100 Å². The summed E-state index contributed by atoms with van der Waals surface area (Å²) in [7, 11) is 0. The van der Waals surface area contributed by atoms with Gasteiger partial charge < -0.3 is 9.47 Å². The molecule has 0 bridgehead atoms. The summed E-state index contributed by atoms with van der Waals surface area (Å²) >= 11 is 5.69. The van der Waals surface area contributed by atoms with E-state index in [9.17, 15) is 14.0 Å². The number of esters is 1. The number of rotatable bonds is 7. The molecule has 0 radical (unpaired) electrons. The Morgan fingerprint density at radius 3 is 2.35 bits per heavy atom. The van der Waals surface area contributed by atoms with Crippen molar-refractivity contribution in [3.05, 3.63) is 122 Å². The number of fused-ring (bicyclic) bond motifs is 1. The standard InChI is InChI=1S/C30H23FI2N2O4S/c1-3-38-27-21(32)14-17(15-22(27)33)16-23-28(36)35-26(19-10-12-20(31)13-11-19)24(29(37)39-4-2)25(34-30(35)40-23)18-8-6-5-7-9-18/h5-16,26H,3-4H2,1-2H3/b23-16-/t26-/m0/s1. The van der Waals surface area contributed by atoms with Crippen LogP contribution in [0.25, 0.3) is 11.8 Å². The zero-order valence-corrected chi connectivity index (χ0v) is 26.6. The third-order valence-corrected chi connectivity index (χ3v) is 8.75. The highest BCUT2D eigenvalue weighted by molar-refractivity contribution is 14.1. The number of aromatic nitrogens is 1. The molecule has 5 rings (SSSR count). The normalized spacial score (nSPS) is 15.0. The maximum atomic E-state index is 14.0. The molecule has 0 unspecified atom stereocenters. The molecule has 4 aromatic rings. The van der Waals surface area contributed by atoms with Gasteiger partial charge in [0.15, 0.2) is 4.80 Å². The Kier molecular flexibility index (Phi) is 8.86. The van der Waals surface area contributed by atoms with Crippen LogP contribution in [0.15, 0.2) is 82.1 Å². The highest BCUT2D eigenvalue weighted by Crippen LogP contribution is 2.35. The van der Waals surface area contributed by atoms with Gasteiger partial charge >= 0.3 is 5.97 Å². The third-order valence-electron chi connectivity index (χ3n) is 6.17. The minimum Gasteiger partial charge on any atom is -0.492 e. The number of hydrogen-bond acceptors (Lipinski definition) is 6. The second kappa shape index (κ2) is 12.4. The highest BCUT2D eigenvalue weighted by atomic mass is 127. The molecule has 3 aromatic carbocycles. The van der Waals surface area contributed by atoms with Crippen molar-refractivity contribution < 1.29 is 18.7 Å². The summed E-state index contributed by atoms with van der Waals surface area (Å²) in [5.74, 6) is -0.185. The molecule has 0 spiro atoms. The monoisotopic (exact) mass is 780 g/mol. The molecule has 6 nitrogen and oxygen atoms in total. The van der Waals surface area contributed by atoms with Crippen LogP contribution in [0.1, 0.15) is 36.6 Å². The van der Waals surface area contributed by atoms with Crippen molar-refractivity contribution in [2.45, 2.75) is 19.9 Å². The maximum Gasteiger partial charge on any atom is 0.338 e. The lowest BCUT2D eigenvalue weighted by atomic mass is 9.93. The van der Waals surface area contributed by atoms with Crippen LogP contribution in [0.3, 0.4) is 0 Å². The van der Waals surface area contributed by atoms with Crippen molar-refractivity contribution in [2.24, 2.45) is 4.99 Å². The fraction of sp³-hybridized carbons (Fsp3) is 0.167. The lowest BCUT2D eigenvalue weighted by molar-refractivity contribution is -0.138. The van der Waals surface area contributed by atoms with Crippen molar-refractivity contribution in [2.75, 3.05) is 13.2 Å². The van der Waals surface area contributed by atoms with Crippen molar-refractivity contribution in [3.63, 3.8) is 0 Å². The Morgan fingerprint density at radius 2 is 1.73 bits per heavy atom. The van der Waals surface area contributed by atoms with E-state index in [0.29, 0.717) is 32.8 Å². The first kappa shape index (κ1) is 28.7. The van der Waals surface area contributed by atoms with E-state index in [0.717, 1.165) is 18.5 Å². The molecule has 0 saturated heterocycles. The number of thiazole rings is 1. The van der Waals surface area contributed by atoms with Gasteiger partial charge in [-0.25, -0.2) is 14.2 Å². The molecule has 0 fully saturated rings. The first-order valence-electron chi connectivity index (χ1n) is 12.5. The van der Waals surface area contributed by atoms with Crippen molar-refractivity contribution in [3.8, 4) is 5.75 Å². The molecule has 40 heavy (non-hydrogen) atoms. The molecule has 2 heterocycles. The number of ether oxygens (including phenoxy) is 2. The van der Waals surface area contributed by atoms with Gasteiger partial charge in [0, 0.05) is 5.56 Å². The summed E-state index contributed by atoms with van der Waals surface area (Å²) in [6.45, 7) is 4.37.